The molecule has 1 N–H and O–H groups in total. The van der Waals surface area contributed by atoms with Crippen LogP contribution in [-0.4, -0.2) is 28.6 Å². The molecule has 1 aromatic rings. The summed E-state index contributed by atoms with van der Waals surface area (Å²) in [5.74, 6) is -0.679. The zero-order valence-corrected chi connectivity index (χ0v) is 12.4. The van der Waals surface area contributed by atoms with Gasteiger partial charge in [-0.25, -0.2) is 4.39 Å². The molecule has 104 valence electrons. The van der Waals surface area contributed by atoms with Crippen molar-refractivity contribution in [2.75, 3.05) is 6.54 Å². The molecule has 0 amide bonds. The Labute approximate surface area is 120 Å². The zero-order chi connectivity index (χ0) is 14.0. The zero-order valence-electron chi connectivity index (χ0n) is 10.8. The summed E-state index contributed by atoms with van der Waals surface area (Å²) in [5, 5.41) is 9.30. The average molecular weight is 330 g/mol. The predicted molar refractivity (Wildman–Crippen MR) is 74.3 cm³/mol. The number of carbonyl (C=O) groups is 1. The SMILES string of the molecule is CC1CCN(Cc2cccc(F)c2Br)C(C(=O)O)C1. The van der Waals surface area contributed by atoms with Crippen LogP contribution in [0.1, 0.15) is 25.3 Å². The van der Waals surface area contributed by atoms with Crippen molar-refractivity contribution in [3.63, 3.8) is 0 Å². The van der Waals surface area contributed by atoms with Gasteiger partial charge in [-0.2, -0.15) is 0 Å². The van der Waals surface area contributed by atoms with Gasteiger partial charge in [-0.3, -0.25) is 9.69 Å². The molecule has 0 radical (unpaired) electrons. The number of benzene rings is 1. The van der Waals surface area contributed by atoms with Gasteiger partial charge in [0.05, 0.1) is 4.47 Å². The molecular weight excluding hydrogens is 313 g/mol. The lowest BCUT2D eigenvalue weighted by molar-refractivity contribution is -0.145. The maximum absolute atomic E-state index is 13.5. The van der Waals surface area contributed by atoms with Gasteiger partial charge in [0.1, 0.15) is 11.9 Å². The summed E-state index contributed by atoms with van der Waals surface area (Å²) in [5.41, 5.74) is 0.792. The number of hydrogen-bond acceptors (Lipinski definition) is 2. The van der Waals surface area contributed by atoms with Crippen molar-refractivity contribution in [1.82, 2.24) is 4.90 Å². The van der Waals surface area contributed by atoms with Crippen molar-refractivity contribution in [3.05, 3.63) is 34.1 Å². The van der Waals surface area contributed by atoms with Crippen LogP contribution >= 0.6 is 15.9 Å². The van der Waals surface area contributed by atoms with Gasteiger partial charge in [-0.15, -0.1) is 0 Å². The van der Waals surface area contributed by atoms with Crippen LogP contribution in [0, 0.1) is 11.7 Å². The summed E-state index contributed by atoms with van der Waals surface area (Å²) in [6.45, 7) is 3.27. The van der Waals surface area contributed by atoms with E-state index in [-0.39, 0.29) is 5.82 Å². The number of halogens is 2. The van der Waals surface area contributed by atoms with Crippen LogP contribution in [0.15, 0.2) is 22.7 Å². The van der Waals surface area contributed by atoms with Crippen molar-refractivity contribution < 1.29 is 14.3 Å². The summed E-state index contributed by atoms with van der Waals surface area (Å²) >= 11 is 3.23. The van der Waals surface area contributed by atoms with Crippen molar-refractivity contribution in [1.29, 1.82) is 0 Å². The molecule has 3 nitrogen and oxygen atoms in total. The second kappa shape index (κ2) is 6.01. The minimum Gasteiger partial charge on any atom is -0.480 e. The molecule has 5 heteroatoms. The third-order valence-electron chi connectivity index (χ3n) is 3.67. The van der Waals surface area contributed by atoms with Gasteiger partial charge in [0.25, 0.3) is 0 Å². The Balaban J connectivity index is 2.16. The van der Waals surface area contributed by atoms with Crippen molar-refractivity contribution in [2.45, 2.75) is 32.4 Å². The number of rotatable bonds is 3. The normalized spacial score (nSPS) is 24.4. The minimum absolute atomic E-state index is 0.310. The third-order valence-corrected chi connectivity index (χ3v) is 4.55. The topological polar surface area (TPSA) is 40.5 Å². The second-order valence-corrected chi connectivity index (χ2v) is 5.96. The van der Waals surface area contributed by atoms with E-state index in [4.69, 9.17) is 0 Å². The number of aliphatic carboxylic acids is 1. The first-order valence-electron chi connectivity index (χ1n) is 6.38. The quantitative estimate of drug-likeness (QED) is 0.925. The number of likely N-dealkylation sites (tertiary alicyclic amines) is 1. The van der Waals surface area contributed by atoms with Crippen LogP contribution in [0.5, 0.6) is 0 Å². The number of hydrogen-bond donors (Lipinski definition) is 1. The van der Waals surface area contributed by atoms with E-state index in [2.05, 4.69) is 22.9 Å². The molecule has 1 saturated heterocycles. The first-order chi connectivity index (χ1) is 8.99. The summed E-state index contributed by atoms with van der Waals surface area (Å²) in [4.78, 5) is 13.2. The Bertz CT molecular complexity index is 481. The van der Waals surface area contributed by atoms with Crippen molar-refractivity contribution in [3.8, 4) is 0 Å². The Kier molecular flexibility index (Phi) is 4.58. The average Bonchev–Trinajstić information content (AvgIpc) is 2.36. The molecule has 2 rings (SSSR count). The predicted octanol–water partition coefficient (Wildman–Crippen LogP) is 3.27. The second-order valence-electron chi connectivity index (χ2n) is 5.17. The molecule has 1 heterocycles. The third kappa shape index (κ3) is 3.34. The van der Waals surface area contributed by atoms with E-state index in [1.54, 1.807) is 6.07 Å². The van der Waals surface area contributed by atoms with Crippen LogP contribution in [0.2, 0.25) is 0 Å². The lowest BCUT2D eigenvalue weighted by Gasteiger charge is -2.36. The van der Waals surface area contributed by atoms with Gasteiger partial charge in [0.2, 0.25) is 0 Å². The minimum atomic E-state index is -0.793. The maximum Gasteiger partial charge on any atom is 0.320 e. The number of piperidine rings is 1. The molecule has 0 spiro atoms. The summed E-state index contributed by atoms with van der Waals surface area (Å²) < 4.78 is 13.9. The smallest absolute Gasteiger partial charge is 0.320 e. The van der Waals surface area contributed by atoms with E-state index < -0.39 is 12.0 Å². The molecule has 1 fully saturated rings. The van der Waals surface area contributed by atoms with Gasteiger partial charge in [0.15, 0.2) is 0 Å². The number of carboxylic acid groups (broad SMARTS) is 1. The molecule has 0 saturated carbocycles. The fraction of sp³-hybridized carbons (Fsp3) is 0.500. The Morgan fingerprint density at radius 2 is 2.32 bits per heavy atom. The van der Waals surface area contributed by atoms with E-state index in [0.717, 1.165) is 18.5 Å². The van der Waals surface area contributed by atoms with E-state index in [9.17, 15) is 14.3 Å². The molecule has 1 aliphatic heterocycles. The molecule has 0 aromatic heterocycles. The van der Waals surface area contributed by atoms with E-state index in [1.807, 2.05) is 11.0 Å². The number of nitrogens with zero attached hydrogens (tertiary/aromatic N) is 1. The van der Waals surface area contributed by atoms with Crippen molar-refractivity contribution in [2.24, 2.45) is 5.92 Å². The molecular formula is C14H17BrFNO2. The standard InChI is InChI=1S/C14H17BrFNO2/c1-9-5-6-17(12(7-9)14(18)19)8-10-3-2-4-11(16)13(10)15/h2-4,9,12H,5-8H2,1H3,(H,18,19). The molecule has 2 unspecified atom stereocenters. The largest absolute Gasteiger partial charge is 0.480 e. The van der Waals surface area contributed by atoms with Crippen LogP contribution in [0.4, 0.5) is 4.39 Å². The van der Waals surface area contributed by atoms with Crippen LogP contribution in [-0.2, 0) is 11.3 Å². The van der Waals surface area contributed by atoms with E-state index >= 15 is 0 Å². The lowest BCUT2D eigenvalue weighted by atomic mass is 9.92. The van der Waals surface area contributed by atoms with Crippen LogP contribution in [0.3, 0.4) is 0 Å². The highest BCUT2D eigenvalue weighted by Gasteiger charge is 2.31. The summed E-state index contributed by atoms with van der Waals surface area (Å²) in [6.07, 6.45) is 1.64. The number of carboxylic acids is 1. The Morgan fingerprint density at radius 3 is 3.00 bits per heavy atom. The highest BCUT2D eigenvalue weighted by Crippen LogP contribution is 2.27. The van der Waals surface area contributed by atoms with E-state index in [0.29, 0.717) is 23.4 Å². The van der Waals surface area contributed by atoms with Crippen LogP contribution < -0.4 is 0 Å². The first-order valence-corrected chi connectivity index (χ1v) is 7.18. The van der Waals surface area contributed by atoms with Crippen LogP contribution in [0.25, 0.3) is 0 Å². The highest BCUT2D eigenvalue weighted by atomic mass is 79.9. The summed E-state index contributed by atoms with van der Waals surface area (Å²) in [6, 6.07) is 4.39. The van der Waals surface area contributed by atoms with E-state index in [1.165, 1.54) is 6.07 Å². The highest BCUT2D eigenvalue weighted by molar-refractivity contribution is 9.10. The van der Waals surface area contributed by atoms with Gasteiger partial charge in [-0.1, -0.05) is 19.1 Å². The summed E-state index contributed by atoms with van der Waals surface area (Å²) in [7, 11) is 0. The fourth-order valence-corrected chi connectivity index (χ4v) is 2.92. The van der Waals surface area contributed by atoms with Gasteiger partial charge < -0.3 is 5.11 Å². The fourth-order valence-electron chi connectivity index (χ4n) is 2.53. The van der Waals surface area contributed by atoms with Gasteiger partial charge >= 0.3 is 5.97 Å². The monoisotopic (exact) mass is 329 g/mol. The molecule has 19 heavy (non-hydrogen) atoms. The first kappa shape index (κ1) is 14.5. The molecule has 0 aliphatic carbocycles. The Hall–Kier alpha value is -0.940. The van der Waals surface area contributed by atoms with Gasteiger partial charge in [-0.05, 0) is 52.9 Å². The van der Waals surface area contributed by atoms with Gasteiger partial charge in [0, 0.05) is 6.54 Å². The molecule has 0 bridgehead atoms. The Morgan fingerprint density at radius 1 is 1.58 bits per heavy atom. The molecule has 1 aromatic carbocycles. The lowest BCUT2D eigenvalue weighted by Crippen LogP contribution is -2.46. The molecule has 2 atom stereocenters. The molecule has 1 aliphatic rings. The van der Waals surface area contributed by atoms with Crippen molar-refractivity contribution >= 4 is 21.9 Å². The maximum atomic E-state index is 13.5.